The summed E-state index contributed by atoms with van der Waals surface area (Å²) < 4.78 is 13.1. The molecule has 4 rings (SSSR count). The topological polar surface area (TPSA) is 93.7 Å². The Morgan fingerprint density at radius 1 is 1.25 bits per heavy atom. The fourth-order valence-electron chi connectivity index (χ4n) is 3.40. The Kier molecular flexibility index (Phi) is 4.89. The lowest BCUT2D eigenvalue weighted by atomic mass is 10.1. The molecule has 1 aliphatic rings. The first kappa shape index (κ1) is 17.9. The van der Waals surface area contributed by atoms with E-state index in [0.717, 1.165) is 10.8 Å². The third kappa shape index (κ3) is 4.09. The molecule has 2 aromatic heterocycles. The Morgan fingerprint density at radius 3 is 2.68 bits per heavy atom. The first-order chi connectivity index (χ1) is 13.6. The van der Waals surface area contributed by atoms with Crippen LogP contribution in [0.15, 0.2) is 70.4 Å². The second-order valence-electron chi connectivity index (χ2n) is 6.88. The fourth-order valence-corrected chi connectivity index (χ4v) is 3.40. The highest BCUT2D eigenvalue weighted by Crippen LogP contribution is 2.20. The molecule has 1 aromatic carbocycles. The summed E-state index contributed by atoms with van der Waals surface area (Å²) in [4.78, 5) is 23.0. The number of carboxylic acid groups (broad SMARTS) is 1. The normalized spacial score (nSPS) is 18.4. The molecule has 0 saturated heterocycles. The maximum atomic E-state index is 12.3. The molecule has 0 saturated carbocycles. The van der Waals surface area contributed by atoms with Crippen LogP contribution in [0.2, 0.25) is 0 Å². The summed E-state index contributed by atoms with van der Waals surface area (Å²) in [7, 11) is 0. The van der Waals surface area contributed by atoms with Crippen LogP contribution >= 0.6 is 0 Å². The van der Waals surface area contributed by atoms with Gasteiger partial charge in [0, 0.05) is 24.4 Å². The molecular weight excluding hydrogens is 360 g/mol. The van der Waals surface area contributed by atoms with Crippen molar-refractivity contribution in [2.24, 2.45) is 5.92 Å². The smallest absolute Gasteiger partial charge is 0.405 e. The predicted molar refractivity (Wildman–Crippen MR) is 104 cm³/mol. The standard InChI is InChI=1S/C21H20N2O5/c24-19-8-18(11-23-9-15-3-1-2-4-16(15)10-23)27-13-20(19)28-12-14-5-6-17(7-14)22-21(25)26/h1-6,8-10,13-14,17,22H,7,11-12H2,(H,25,26). The Hall–Kier alpha value is -3.48. The van der Waals surface area contributed by atoms with Crippen molar-refractivity contribution in [1.29, 1.82) is 0 Å². The van der Waals surface area contributed by atoms with Crippen LogP contribution in [-0.2, 0) is 6.54 Å². The van der Waals surface area contributed by atoms with E-state index in [1.807, 2.05) is 47.3 Å². The van der Waals surface area contributed by atoms with Gasteiger partial charge in [-0.2, -0.15) is 0 Å². The van der Waals surface area contributed by atoms with Crippen molar-refractivity contribution in [2.45, 2.75) is 19.0 Å². The van der Waals surface area contributed by atoms with E-state index in [4.69, 9.17) is 14.3 Å². The highest BCUT2D eigenvalue weighted by molar-refractivity contribution is 5.82. The summed E-state index contributed by atoms with van der Waals surface area (Å²) in [5.74, 6) is 0.747. The molecule has 2 unspecified atom stereocenters. The molecule has 2 atom stereocenters. The fraction of sp³-hybridized carbons (Fsp3) is 0.238. The van der Waals surface area contributed by atoms with Gasteiger partial charge in [0.25, 0.3) is 0 Å². The van der Waals surface area contributed by atoms with E-state index >= 15 is 0 Å². The summed E-state index contributed by atoms with van der Waals surface area (Å²) in [6.07, 6.45) is 8.61. The first-order valence-corrected chi connectivity index (χ1v) is 9.03. The maximum absolute atomic E-state index is 12.3. The summed E-state index contributed by atoms with van der Waals surface area (Å²) in [5, 5.41) is 13.4. The lowest BCUT2D eigenvalue weighted by Gasteiger charge is -2.13. The van der Waals surface area contributed by atoms with Gasteiger partial charge in [0.2, 0.25) is 11.2 Å². The number of nitrogens with one attached hydrogen (secondary N) is 1. The number of fused-ring (bicyclic) bond motifs is 1. The average Bonchev–Trinajstić information content (AvgIpc) is 3.26. The highest BCUT2D eigenvalue weighted by atomic mass is 16.5. The minimum Gasteiger partial charge on any atom is -0.486 e. The number of amides is 1. The molecule has 28 heavy (non-hydrogen) atoms. The number of hydrogen-bond donors (Lipinski definition) is 2. The van der Waals surface area contributed by atoms with E-state index in [0.29, 0.717) is 25.3 Å². The Balaban J connectivity index is 1.36. The Labute approximate surface area is 160 Å². The number of aromatic nitrogens is 1. The maximum Gasteiger partial charge on any atom is 0.405 e. The quantitative estimate of drug-likeness (QED) is 0.641. The van der Waals surface area contributed by atoms with Crippen LogP contribution in [0, 0.1) is 5.92 Å². The van der Waals surface area contributed by atoms with E-state index in [-0.39, 0.29) is 23.1 Å². The second-order valence-corrected chi connectivity index (χ2v) is 6.88. The van der Waals surface area contributed by atoms with E-state index in [1.165, 1.54) is 12.3 Å². The van der Waals surface area contributed by atoms with Gasteiger partial charge in [-0.05, 0) is 17.2 Å². The number of benzene rings is 1. The van der Waals surface area contributed by atoms with Gasteiger partial charge < -0.3 is 24.1 Å². The minimum atomic E-state index is -1.05. The molecule has 7 heteroatoms. The molecule has 0 fully saturated rings. The van der Waals surface area contributed by atoms with E-state index in [9.17, 15) is 9.59 Å². The van der Waals surface area contributed by atoms with Gasteiger partial charge in [-0.25, -0.2) is 4.79 Å². The highest BCUT2D eigenvalue weighted by Gasteiger charge is 2.21. The molecule has 0 spiro atoms. The van der Waals surface area contributed by atoms with Crippen molar-refractivity contribution < 1.29 is 19.1 Å². The zero-order valence-corrected chi connectivity index (χ0v) is 15.1. The summed E-state index contributed by atoms with van der Waals surface area (Å²) in [5.41, 5.74) is -0.236. The zero-order chi connectivity index (χ0) is 19.5. The van der Waals surface area contributed by atoms with E-state index < -0.39 is 6.09 Å². The van der Waals surface area contributed by atoms with Gasteiger partial charge in [-0.3, -0.25) is 4.79 Å². The largest absolute Gasteiger partial charge is 0.486 e. The SMILES string of the molecule is O=C(O)NC1C=CC(COc2coc(Cn3cc4ccccc4c3)cc2=O)C1. The summed E-state index contributed by atoms with van der Waals surface area (Å²) >= 11 is 0. The lowest BCUT2D eigenvalue weighted by Crippen LogP contribution is -2.31. The molecule has 0 radical (unpaired) electrons. The molecule has 1 aliphatic carbocycles. The second kappa shape index (κ2) is 7.64. The van der Waals surface area contributed by atoms with Crippen molar-refractivity contribution in [1.82, 2.24) is 9.88 Å². The van der Waals surface area contributed by atoms with Crippen molar-refractivity contribution >= 4 is 16.9 Å². The van der Waals surface area contributed by atoms with E-state index in [2.05, 4.69) is 5.32 Å². The molecule has 0 bridgehead atoms. The molecule has 3 aromatic rings. The monoisotopic (exact) mass is 380 g/mol. The molecule has 144 valence electrons. The number of hydrogen-bond acceptors (Lipinski definition) is 4. The van der Waals surface area contributed by atoms with Crippen molar-refractivity contribution in [3.8, 4) is 5.75 Å². The van der Waals surface area contributed by atoms with Crippen LogP contribution in [0.25, 0.3) is 10.8 Å². The summed E-state index contributed by atoms with van der Waals surface area (Å²) in [6.45, 7) is 0.750. The Morgan fingerprint density at radius 2 is 2.00 bits per heavy atom. The van der Waals surface area contributed by atoms with Crippen molar-refractivity contribution in [3.05, 3.63) is 77.1 Å². The number of nitrogens with zero attached hydrogens (tertiary/aromatic N) is 1. The van der Waals surface area contributed by atoms with E-state index in [1.54, 1.807) is 6.08 Å². The van der Waals surface area contributed by atoms with Crippen LogP contribution in [-0.4, -0.2) is 28.4 Å². The van der Waals surface area contributed by atoms with Crippen molar-refractivity contribution in [2.75, 3.05) is 6.61 Å². The van der Waals surface area contributed by atoms with Crippen LogP contribution in [0.4, 0.5) is 4.79 Å². The van der Waals surface area contributed by atoms with Gasteiger partial charge in [-0.15, -0.1) is 0 Å². The van der Waals surface area contributed by atoms with Crippen molar-refractivity contribution in [3.63, 3.8) is 0 Å². The van der Waals surface area contributed by atoms with Gasteiger partial charge in [-0.1, -0.05) is 36.4 Å². The van der Waals surface area contributed by atoms with Crippen LogP contribution < -0.4 is 15.5 Å². The first-order valence-electron chi connectivity index (χ1n) is 9.03. The minimum absolute atomic E-state index is 0.0447. The predicted octanol–water partition coefficient (Wildman–Crippen LogP) is 3.23. The molecule has 1 amide bonds. The third-order valence-corrected chi connectivity index (χ3v) is 4.73. The number of ether oxygens (including phenoxy) is 1. The average molecular weight is 380 g/mol. The number of rotatable bonds is 6. The van der Waals surface area contributed by atoms with Crippen LogP contribution in [0.1, 0.15) is 12.2 Å². The van der Waals surface area contributed by atoms with Crippen LogP contribution in [0.5, 0.6) is 5.75 Å². The van der Waals surface area contributed by atoms with Gasteiger partial charge in [0.15, 0.2) is 0 Å². The zero-order valence-electron chi connectivity index (χ0n) is 15.1. The molecular formula is C21H20N2O5. The molecule has 2 heterocycles. The molecule has 0 aliphatic heterocycles. The van der Waals surface area contributed by atoms with Gasteiger partial charge in [0.1, 0.15) is 12.0 Å². The number of carbonyl (C=O) groups is 1. The van der Waals surface area contributed by atoms with Gasteiger partial charge in [0.05, 0.1) is 19.2 Å². The van der Waals surface area contributed by atoms with Gasteiger partial charge >= 0.3 is 6.09 Å². The molecule has 7 nitrogen and oxygen atoms in total. The third-order valence-electron chi connectivity index (χ3n) is 4.73. The summed E-state index contributed by atoms with van der Waals surface area (Å²) in [6, 6.07) is 9.26. The molecule has 2 N–H and O–H groups in total. The lowest BCUT2D eigenvalue weighted by molar-refractivity contribution is 0.190. The van der Waals surface area contributed by atoms with Crippen LogP contribution in [0.3, 0.4) is 0 Å². The Bertz CT molecular complexity index is 1050.